The van der Waals surface area contributed by atoms with Crippen LogP contribution in [0.3, 0.4) is 0 Å². The predicted octanol–water partition coefficient (Wildman–Crippen LogP) is 2.45. The van der Waals surface area contributed by atoms with Gasteiger partial charge in [0.2, 0.25) is 10.0 Å². The lowest BCUT2D eigenvalue weighted by Gasteiger charge is -2.38. The van der Waals surface area contributed by atoms with Crippen LogP contribution in [0.4, 0.5) is 16.2 Å². The maximum atomic E-state index is 13.4. The zero-order valence-electron chi connectivity index (χ0n) is 21.6. The first kappa shape index (κ1) is 28.1. The number of nitrogens with zero attached hydrogens (tertiary/aromatic N) is 2. The fourth-order valence-electron chi connectivity index (χ4n) is 3.96. The van der Waals surface area contributed by atoms with Crippen LogP contribution in [0.5, 0.6) is 11.5 Å². The second-order valence-electron chi connectivity index (χ2n) is 9.25. The van der Waals surface area contributed by atoms with Gasteiger partial charge in [0.1, 0.15) is 17.6 Å². The summed E-state index contributed by atoms with van der Waals surface area (Å²) in [5.74, 6) is 0.355. The maximum absolute atomic E-state index is 13.4. The van der Waals surface area contributed by atoms with Gasteiger partial charge in [0.15, 0.2) is 0 Å². The normalized spacial score (nSPS) is 18.5. The van der Waals surface area contributed by atoms with Gasteiger partial charge in [0.05, 0.1) is 38.1 Å². The van der Waals surface area contributed by atoms with E-state index in [1.165, 1.54) is 23.1 Å². The van der Waals surface area contributed by atoms with E-state index in [-0.39, 0.29) is 54.6 Å². The summed E-state index contributed by atoms with van der Waals surface area (Å²) in [5.41, 5.74) is 0.987. The minimum absolute atomic E-state index is 0.163. The van der Waals surface area contributed by atoms with E-state index in [4.69, 9.17) is 9.47 Å². The second kappa shape index (κ2) is 11.7. The third-order valence-corrected chi connectivity index (χ3v) is 6.72. The second-order valence-corrected chi connectivity index (χ2v) is 11.0. The predicted molar refractivity (Wildman–Crippen MR) is 141 cm³/mol. The van der Waals surface area contributed by atoms with Crippen LogP contribution in [0.2, 0.25) is 0 Å². The zero-order chi connectivity index (χ0) is 27.3. The van der Waals surface area contributed by atoms with E-state index in [2.05, 4.69) is 10.0 Å². The highest BCUT2D eigenvalue weighted by molar-refractivity contribution is 7.92. The number of fused-ring (bicyclic) bond motifs is 1. The Morgan fingerprint density at radius 1 is 1.24 bits per heavy atom. The van der Waals surface area contributed by atoms with Crippen LogP contribution in [-0.4, -0.2) is 87.5 Å². The van der Waals surface area contributed by atoms with Crippen molar-refractivity contribution in [1.82, 2.24) is 9.80 Å². The Morgan fingerprint density at radius 2 is 1.89 bits per heavy atom. The lowest BCUT2D eigenvalue weighted by molar-refractivity contribution is 0.0371. The number of hydrogen-bond acceptors (Lipinski definition) is 7. The molecule has 3 atom stereocenters. The van der Waals surface area contributed by atoms with Gasteiger partial charge in [0.25, 0.3) is 5.91 Å². The van der Waals surface area contributed by atoms with E-state index in [1.54, 1.807) is 50.2 Å². The van der Waals surface area contributed by atoms with Crippen LogP contribution in [0.1, 0.15) is 24.2 Å². The highest BCUT2D eigenvalue weighted by Gasteiger charge is 2.34. The number of benzene rings is 2. The zero-order valence-corrected chi connectivity index (χ0v) is 22.4. The quantitative estimate of drug-likeness (QED) is 0.473. The van der Waals surface area contributed by atoms with E-state index in [0.29, 0.717) is 11.4 Å². The van der Waals surface area contributed by atoms with Crippen molar-refractivity contribution in [2.45, 2.75) is 26.0 Å². The molecule has 0 unspecified atom stereocenters. The Morgan fingerprint density at radius 3 is 2.49 bits per heavy atom. The number of amides is 3. The highest BCUT2D eigenvalue weighted by atomic mass is 32.2. The molecule has 1 aliphatic rings. The molecule has 2 aromatic carbocycles. The summed E-state index contributed by atoms with van der Waals surface area (Å²) in [5, 5.41) is 12.6. The number of sulfonamides is 1. The number of carbonyl (C=O) groups is 2. The third-order valence-electron chi connectivity index (χ3n) is 6.11. The molecular weight excluding hydrogens is 500 g/mol. The van der Waals surface area contributed by atoms with Crippen LogP contribution in [0.15, 0.2) is 42.5 Å². The number of aliphatic hydroxyl groups is 1. The first-order valence-electron chi connectivity index (χ1n) is 11.8. The number of hydrogen-bond donors (Lipinski definition) is 3. The molecule has 0 radical (unpaired) electrons. The fourth-order valence-corrected chi connectivity index (χ4v) is 4.52. The molecule has 2 aromatic rings. The van der Waals surface area contributed by atoms with Crippen molar-refractivity contribution in [3.63, 3.8) is 0 Å². The van der Waals surface area contributed by atoms with E-state index in [9.17, 15) is 23.1 Å². The van der Waals surface area contributed by atoms with Gasteiger partial charge in [-0.2, -0.15) is 0 Å². The van der Waals surface area contributed by atoms with Crippen molar-refractivity contribution in [3.8, 4) is 11.5 Å². The molecule has 1 aliphatic heterocycles. The van der Waals surface area contributed by atoms with E-state index in [0.717, 1.165) is 6.26 Å². The summed E-state index contributed by atoms with van der Waals surface area (Å²) in [4.78, 5) is 29.3. The third kappa shape index (κ3) is 7.26. The van der Waals surface area contributed by atoms with Gasteiger partial charge in [-0.3, -0.25) is 9.52 Å². The van der Waals surface area contributed by atoms with Gasteiger partial charge in [-0.05, 0) is 49.4 Å². The maximum Gasteiger partial charge on any atom is 0.321 e. The molecule has 0 aromatic heterocycles. The summed E-state index contributed by atoms with van der Waals surface area (Å²) in [6, 6.07) is 10.6. The number of rotatable bonds is 8. The number of anilines is 2. The number of aliphatic hydroxyl groups excluding tert-OH is 1. The summed E-state index contributed by atoms with van der Waals surface area (Å²) < 4.78 is 37.2. The number of methoxy groups -OCH3 is 1. The Kier molecular flexibility index (Phi) is 8.87. The van der Waals surface area contributed by atoms with Crippen molar-refractivity contribution < 1.29 is 32.6 Å². The molecule has 12 heteroatoms. The molecule has 0 aliphatic carbocycles. The molecule has 0 saturated carbocycles. The monoisotopic (exact) mass is 534 g/mol. The summed E-state index contributed by atoms with van der Waals surface area (Å²) in [6.45, 7) is 3.87. The summed E-state index contributed by atoms with van der Waals surface area (Å²) in [7, 11) is -0.351. The Labute approximate surface area is 217 Å². The average molecular weight is 535 g/mol. The Balaban J connectivity index is 1.86. The Bertz CT molecular complexity index is 1220. The van der Waals surface area contributed by atoms with Crippen LogP contribution >= 0.6 is 0 Å². The van der Waals surface area contributed by atoms with Crippen molar-refractivity contribution in [2.75, 3.05) is 50.1 Å². The standard InChI is InChI=1S/C25H34N4O7S/c1-16-13-29(17(2)15-30)24(31)21-12-19(27-37(5,33)34)8-11-22(21)36-23(16)14-28(3)25(32)26-18-6-9-20(35-4)10-7-18/h6-12,16-17,23,27,30H,13-15H2,1-5H3,(H,26,32)/t16-,17+,23-/m0/s1. The average Bonchev–Trinajstić information content (AvgIpc) is 2.85. The Hall–Kier alpha value is -3.51. The molecule has 0 spiro atoms. The molecule has 3 amide bonds. The number of nitrogens with one attached hydrogen (secondary N) is 2. The van der Waals surface area contributed by atoms with Crippen LogP contribution in [0, 0.1) is 5.92 Å². The topological polar surface area (TPSA) is 138 Å². The van der Waals surface area contributed by atoms with Crippen molar-refractivity contribution in [2.24, 2.45) is 5.92 Å². The fraction of sp³-hybridized carbons (Fsp3) is 0.440. The van der Waals surface area contributed by atoms with Gasteiger partial charge < -0.3 is 29.7 Å². The van der Waals surface area contributed by atoms with E-state index >= 15 is 0 Å². The van der Waals surface area contributed by atoms with Crippen LogP contribution in [-0.2, 0) is 10.0 Å². The number of ether oxygens (including phenoxy) is 2. The molecule has 0 bridgehead atoms. The highest BCUT2D eigenvalue weighted by Crippen LogP contribution is 2.31. The smallest absolute Gasteiger partial charge is 0.321 e. The number of carbonyl (C=O) groups excluding carboxylic acids is 2. The van der Waals surface area contributed by atoms with Crippen LogP contribution in [0.25, 0.3) is 0 Å². The summed E-state index contributed by atoms with van der Waals surface area (Å²) in [6.07, 6.45) is 0.521. The minimum Gasteiger partial charge on any atom is -0.497 e. The van der Waals surface area contributed by atoms with Gasteiger partial charge in [-0.1, -0.05) is 6.92 Å². The lowest BCUT2D eigenvalue weighted by atomic mass is 9.99. The molecule has 37 heavy (non-hydrogen) atoms. The first-order valence-corrected chi connectivity index (χ1v) is 13.7. The van der Waals surface area contributed by atoms with Crippen LogP contribution < -0.4 is 19.5 Å². The molecule has 3 N–H and O–H groups in total. The SMILES string of the molecule is COc1ccc(NC(=O)N(C)C[C@@H]2Oc3ccc(NS(C)(=O)=O)cc3C(=O)N([C@H](C)CO)C[C@@H]2C)cc1. The van der Waals surface area contributed by atoms with Crippen molar-refractivity contribution >= 4 is 33.3 Å². The van der Waals surface area contributed by atoms with Gasteiger partial charge in [-0.25, -0.2) is 13.2 Å². The molecule has 3 rings (SSSR count). The summed E-state index contributed by atoms with van der Waals surface area (Å²) >= 11 is 0. The van der Waals surface area contributed by atoms with Gasteiger partial charge >= 0.3 is 6.03 Å². The minimum atomic E-state index is -3.56. The van der Waals surface area contributed by atoms with Gasteiger partial charge in [-0.15, -0.1) is 0 Å². The number of urea groups is 1. The lowest BCUT2D eigenvalue weighted by Crippen LogP contribution is -2.50. The molecule has 1 heterocycles. The number of likely N-dealkylation sites (N-methyl/N-ethyl adjacent to an activating group) is 1. The van der Waals surface area contributed by atoms with E-state index < -0.39 is 22.2 Å². The van der Waals surface area contributed by atoms with Crippen molar-refractivity contribution in [1.29, 1.82) is 0 Å². The molecule has 202 valence electrons. The van der Waals surface area contributed by atoms with Gasteiger partial charge in [0, 0.05) is 30.9 Å². The molecule has 0 saturated heterocycles. The largest absolute Gasteiger partial charge is 0.497 e. The van der Waals surface area contributed by atoms with E-state index in [1.807, 2.05) is 6.92 Å². The molecule has 0 fully saturated rings. The first-order chi connectivity index (χ1) is 17.4. The van der Waals surface area contributed by atoms with Crippen molar-refractivity contribution in [3.05, 3.63) is 48.0 Å². The molecule has 11 nitrogen and oxygen atoms in total. The molecular formula is C25H34N4O7S.